The maximum Gasteiger partial charge on any atom is 0.308 e. The third-order valence-electron chi connectivity index (χ3n) is 3.78. The van der Waals surface area contributed by atoms with E-state index in [9.17, 15) is 9.59 Å². The number of nitrogens with zero attached hydrogens (tertiary/aromatic N) is 1. The minimum atomic E-state index is -0.851. The molecule has 0 unspecified atom stereocenters. The van der Waals surface area contributed by atoms with Gasteiger partial charge in [0.05, 0.1) is 5.92 Å². The lowest BCUT2D eigenvalue weighted by Crippen LogP contribution is -2.50. The molecule has 21 heavy (non-hydrogen) atoms. The molecule has 1 aromatic rings. The molecular formula is C15H18ClNO4. The summed E-state index contributed by atoms with van der Waals surface area (Å²) in [6, 6.07) is 6.51. The third-order valence-corrected chi connectivity index (χ3v) is 4.02. The van der Waals surface area contributed by atoms with Crippen molar-refractivity contribution >= 4 is 23.5 Å². The van der Waals surface area contributed by atoms with E-state index in [1.54, 1.807) is 36.1 Å². The second kappa shape index (κ2) is 6.80. The van der Waals surface area contributed by atoms with E-state index in [2.05, 4.69) is 0 Å². The zero-order valence-corrected chi connectivity index (χ0v) is 12.5. The summed E-state index contributed by atoms with van der Waals surface area (Å²) in [6.07, 6.45) is 1.31. The number of carbonyl (C=O) groups is 2. The van der Waals surface area contributed by atoms with Gasteiger partial charge in [-0.25, -0.2) is 0 Å². The van der Waals surface area contributed by atoms with Crippen molar-refractivity contribution in [3.63, 3.8) is 0 Å². The first-order valence-electron chi connectivity index (χ1n) is 6.89. The van der Waals surface area contributed by atoms with Crippen LogP contribution in [0, 0.1) is 5.92 Å². The predicted molar refractivity (Wildman–Crippen MR) is 78.5 cm³/mol. The first-order valence-corrected chi connectivity index (χ1v) is 7.27. The van der Waals surface area contributed by atoms with Gasteiger partial charge in [0.15, 0.2) is 6.61 Å². The summed E-state index contributed by atoms with van der Waals surface area (Å²) in [6.45, 7) is 2.23. The fourth-order valence-electron chi connectivity index (χ4n) is 2.61. The highest BCUT2D eigenvalue weighted by atomic mass is 35.5. The van der Waals surface area contributed by atoms with Crippen LogP contribution in [0.1, 0.15) is 19.8 Å². The number of carbonyl (C=O) groups excluding carboxylic acids is 1. The number of amides is 1. The molecule has 1 aliphatic heterocycles. The Morgan fingerprint density at radius 2 is 2.24 bits per heavy atom. The number of carboxylic acids is 1. The summed E-state index contributed by atoms with van der Waals surface area (Å²) in [5, 5.41) is 9.70. The van der Waals surface area contributed by atoms with Gasteiger partial charge >= 0.3 is 5.97 Å². The maximum absolute atomic E-state index is 12.2. The standard InChI is InChI=1S/C15H18ClNO4/c1-10-13(15(19)20)6-3-7-17(10)14(18)9-21-12-5-2-4-11(16)8-12/h2,4-5,8,10,13H,3,6-7,9H2,1H3,(H,19,20)/t10-,13-/m1/s1. The lowest BCUT2D eigenvalue weighted by molar-refractivity contribution is -0.149. The Morgan fingerprint density at radius 3 is 2.90 bits per heavy atom. The first-order chi connectivity index (χ1) is 9.99. The van der Waals surface area contributed by atoms with E-state index in [0.717, 1.165) is 0 Å². The van der Waals surface area contributed by atoms with E-state index in [1.165, 1.54) is 0 Å². The highest BCUT2D eigenvalue weighted by molar-refractivity contribution is 6.30. The third kappa shape index (κ3) is 3.88. The molecule has 6 heteroatoms. The number of hydrogen-bond acceptors (Lipinski definition) is 3. The largest absolute Gasteiger partial charge is 0.484 e. The van der Waals surface area contributed by atoms with Crippen LogP contribution in [-0.4, -0.2) is 41.1 Å². The molecule has 2 atom stereocenters. The molecular weight excluding hydrogens is 294 g/mol. The van der Waals surface area contributed by atoms with Gasteiger partial charge in [0, 0.05) is 17.6 Å². The van der Waals surface area contributed by atoms with Gasteiger partial charge in [0.1, 0.15) is 5.75 Å². The Balaban J connectivity index is 1.95. The number of carboxylic acid groups (broad SMARTS) is 1. The number of aliphatic carboxylic acids is 1. The molecule has 5 nitrogen and oxygen atoms in total. The van der Waals surface area contributed by atoms with Crippen LogP contribution < -0.4 is 4.74 Å². The molecule has 0 saturated carbocycles. The zero-order chi connectivity index (χ0) is 15.4. The Labute approximate surface area is 128 Å². The molecule has 1 aromatic carbocycles. The summed E-state index contributed by atoms with van der Waals surface area (Å²) in [5.74, 6) is -1.03. The molecule has 1 N–H and O–H groups in total. The first kappa shape index (κ1) is 15.6. The molecule has 1 heterocycles. The number of hydrogen-bond donors (Lipinski definition) is 1. The quantitative estimate of drug-likeness (QED) is 0.927. The van der Waals surface area contributed by atoms with Crippen LogP contribution in [-0.2, 0) is 9.59 Å². The Morgan fingerprint density at radius 1 is 1.48 bits per heavy atom. The number of ether oxygens (including phenoxy) is 1. The van der Waals surface area contributed by atoms with Gasteiger partial charge < -0.3 is 14.7 Å². The van der Waals surface area contributed by atoms with Crippen molar-refractivity contribution in [1.82, 2.24) is 4.90 Å². The second-order valence-electron chi connectivity index (χ2n) is 5.16. The normalized spacial score (nSPS) is 21.9. The molecule has 1 saturated heterocycles. The van der Waals surface area contributed by atoms with Gasteiger partial charge in [-0.1, -0.05) is 17.7 Å². The van der Waals surface area contributed by atoms with Crippen LogP contribution >= 0.6 is 11.6 Å². The molecule has 0 bridgehead atoms. The van der Waals surface area contributed by atoms with Gasteiger partial charge in [-0.2, -0.15) is 0 Å². The van der Waals surface area contributed by atoms with E-state index in [-0.39, 0.29) is 18.6 Å². The summed E-state index contributed by atoms with van der Waals surface area (Å²) >= 11 is 5.85. The number of rotatable bonds is 4. The van der Waals surface area contributed by atoms with Crippen LogP contribution in [0.2, 0.25) is 5.02 Å². The van der Waals surface area contributed by atoms with Crippen molar-refractivity contribution in [2.24, 2.45) is 5.92 Å². The molecule has 2 rings (SSSR count). The van der Waals surface area contributed by atoms with Crippen molar-refractivity contribution < 1.29 is 19.4 Å². The lowest BCUT2D eigenvalue weighted by atomic mass is 9.90. The lowest BCUT2D eigenvalue weighted by Gasteiger charge is -2.37. The monoisotopic (exact) mass is 311 g/mol. The maximum atomic E-state index is 12.2. The number of benzene rings is 1. The van der Waals surface area contributed by atoms with Crippen molar-refractivity contribution in [2.45, 2.75) is 25.8 Å². The fourth-order valence-corrected chi connectivity index (χ4v) is 2.79. The van der Waals surface area contributed by atoms with E-state index in [1.807, 2.05) is 0 Å². The van der Waals surface area contributed by atoms with Crippen molar-refractivity contribution in [3.05, 3.63) is 29.3 Å². The average molecular weight is 312 g/mol. The fraction of sp³-hybridized carbons (Fsp3) is 0.467. The predicted octanol–water partition coefficient (Wildman–Crippen LogP) is 2.43. The smallest absolute Gasteiger partial charge is 0.308 e. The SMILES string of the molecule is C[C@@H]1[C@H](C(=O)O)CCCN1C(=O)COc1cccc(Cl)c1. The van der Waals surface area contributed by atoms with E-state index in [4.69, 9.17) is 21.4 Å². The topological polar surface area (TPSA) is 66.8 Å². The minimum Gasteiger partial charge on any atom is -0.484 e. The van der Waals surface area contributed by atoms with Gasteiger partial charge in [-0.15, -0.1) is 0 Å². The molecule has 0 radical (unpaired) electrons. The van der Waals surface area contributed by atoms with Gasteiger partial charge in [0.25, 0.3) is 5.91 Å². The molecule has 1 fully saturated rings. The van der Waals surface area contributed by atoms with Crippen LogP contribution in [0.15, 0.2) is 24.3 Å². The number of piperidine rings is 1. The molecule has 1 amide bonds. The zero-order valence-electron chi connectivity index (χ0n) is 11.8. The van der Waals surface area contributed by atoms with Crippen molar-refractivity contribution in [1.29, 1.82) is 0 Å². The molecule has 0 aromatic heterocycles. The molecule has 114 valence electrons. The Bertz CT molecular complexity index is 534. The summed E-state index contributed by atoms with van der Waals surface area (Å²) < 4.78 is 5.42. The van der Waals surface area contributed by atoms with Crippen molar-refractivity contribution in [2.75, 3.05) is 13.2 Å². The molecule has 0 spiro atoms. The summed E-state index contributed by atoms with van der Waals surface area (Å²) in [4.78, 5) is 25.0. The highest BCUT2D eigenvalue weighted by Gasteiger charge is 2.35. The minimum absolute atomic E-state index is 0.114. The van der Waals surface area contributed by atoms with E-state index >= 15 is 0 Å². The van der Waals surface area contributed by atoms with Gasteiger partial charge in [-0.3, -0.25) is 9.59 Å². The molecule has 0 aliphatic carbocycles. The van der Waals surface area contributed by atoms with Crippen LogP contribution in [0.25, 0.3) is 0 Å². The van der Waals surface area contributed by atoms with Crippen molar-refractivity contribution in [3.8, 4) is 5.75 Å². The average Bonchev–Trinajstić information content (AvgIpc) is 2.45. The Kier molecular flexibility index (Phi) is 5.07. The summed E-state index contributed by atoms with van der Waals surface area (Å²) in [5.41, 5.74) is 0. The van der Waals surface area contributed by atoms with E-state index in [0.29, 0.717) is 30.2 Å². The van der Waals surface area contributed by atoms with Crippen LogP contribution in [0.5, 0.6) is 5.75 Å². The van der Waals surface area contributed by atoms with E-state index < -0.39 is 11.9 Å². The highest BCUT2D eigenvalue weighted by Crippen LogP contribution is 2.24. The second-order valence-corrected chi connectivity index (χ2v) is 5.60. The van der Waals surface area contributed by atoms with Gasteiger partial charge in [0.2, 0.25) is 0 Å². The van der Waals surface area contributed by atoms with Crippen LogP contribution in [0.4, 0.5) is 0 Å². The van der Waals surface area contributed by atoms with Gasteiger partial charge in [-0.05, 0) is 38.0 Å². The summed E-state index contributed by atoms with van der Waals surface area (Å²) in [7, 11) is 0. The van der Waals surface area contributed by atoms with Crippen LogP contribution in [0.3, 0.4) is 0 Å². The molecule has 1 aliphatic rings. The number of halogens is 1. The Hall–Kier alpha value is -1.75. The number of likely N-dealkylation sites (tertiary alicyclic amines) is 1.